The van der Waals surface area contributed by atoms with Crippen LogP contribution in [0.5, 0.6) is 17.2 Å². The van der Waals surface area contributed by atoms with Crippen molar-refractivity contribution in [3.05, 3.63) is 56.9 Å². The molecule has 0 spiro atoms. The summed E-state index contributed by atoms with van der Waals surface area (Å²) in [6.07, 6.45) is 2.47. The van der Waals surface area contributed by atoms with Gasteiger partial charge in [0.1, 0.15) is 10.1 Å². The standard InChI is InChI=1S/C25H28ClNO4S2/c1-5-27-24(28)22(33-25(27)32)15-18-13-20(26)23(21(14-18)29-6-2)31-9-7-8-30-19-11-16(3)10-17(4)12-19/h10-15H,5-9H2,1-4H3. The predicted octanol–water partition coefficient (Wildman–Crippen LogP) is 6.42. The first kappa shape index (κ1) is 25.4. The number of likely N-dealkylation sites (N-methyl/N-ethyl adjacent to an activating group) is 1. The Kier molecular flexibility index (Phi) is 9.06. The lowest BCUT2D eigenvalue weighted by atomic mass is 10.1. The van der Waals surface area contributed by atoms with E-state index in [4.69, 9.17) is 38.0 Å². The molecular formula is C25H28ClNO4S2. The Labute approximate surface area is 210 Å². The molecule has 33 heavy (non-hydrogen) atoms. The summed E-state index contributed by atoms with van der Waals surface area (Å²) in [6.45, 7) is 9.87. The summed E-state index contributed by atoms with van der Waals surface area (Å²) in [5.41, 5.74) is 3.10. The first-order valence-electron chi connectivity index (χ1n) is 10.9. The topological polar surface area (TPSA) is 48.0 Å². The molecule has 1 aliphatic rings. The van der Waals surface area contributed by atoms with Gasteiger partial charge in [0.05, 0.1) is 29.7 Å². The second-order valence-corrected chi connectivity index (χ2v) is 9.65. The van der Waals surface area contributed by atoms with Crippen molar-refractivity contribution in [3.8, 4) is 17.2 Å². The van der Waals surface area contributed by atoms with Gasteiger partial charge in [0, 0.05) is 13.0 Å². The van der Waals surface area contributed by atoms with Crippen LogP contribution >= 0.6 is 35.6 Å². The third kappa shape index (κ3) is 6.65. The maximum Gasteiger partial charge on any atom is 0.266 e. The lowest BCUT2D eigenvalue weighted by Gasteiger charge is -2.15. The Hall–Kier alpha value is -2.22. The van der Waals surface area contributed by atoms with E-state index < -0.39 is 0 Å². The van der Waals surface area contributed by atoms with E-state index in [1.807, 2.05) is 32.0 Å². The average Bonchev–Trinajstić information content (AvgIpc) is 3.01. The lowest BCUT2D eigenvalue weighted by molar-refractivity contribution is -0.121. The first-order chi connectivity index (χ1) is 15.8. The largest absolute Gasteiger partial charge is 0.493 e. The maximum absolute atomic E-state index is 12.5. The van der Waals surface area contributed by atoms with Crippen molar-refractivity contribution in [1.29, 1.82) is 0 Å². The first-order valence-corrected chi connectivity index (χ1v) is 12.5. The van der Waals surface area contributed by atoms with Gasteiger partial charge in [-0.3, -0.25) is 9.69 Å². The van der Waals surface area contributed by atoms with Gasteiger partial charge < -0.3 is 14.2 Å². The number of halogens is 1. The van der Waals surface area contributed by atoms with E-state index in [-0.39, 0.29) is 5.91 Å². The molecule has 0 aromatic heterocycles. The molecule has 0 radical (unpaired) electrons. The van der Waals surface area contributed by atoms with E-state index in [0.29, 0.717) is 58.5 Å². The fraction of sp³-hybridized carbons (Fsp3) is 0.360. The van der Waals surface area contributed by atoms with Gasteiger partial charge in [0.15, 0.2) is 11.5 Å². The molecule has 0 saturated carbocycles. The van der Waals surface area contributed by atoms with Gasteiger partial charge in [0.2, 0.25) is 0 Å². The molecule has 0 aliphatic carbocycles. The summed E-state index contributed by atoms with van der Waals surface area (Å²) < 4.78 is 18.1. The summed E-state index contributed by atoms with van der Waals surface area (Å²) in [6, 6.07) is 9.75. The molecule has 2 aromatic rings. The highest BCUT2D eigenvalue weighted by Crippen LogP contribution is 2.39. The van der Waals surface area contributed by atoms with Gasteiger partial charge in [0.25, 0.3) is 5.91 Å². The van der Waals surface area contributed by atoms with Gasteiger partial charge in [-0.1, -0.05) is 41.6 Å². The van der Waals surface area contributed by atoms with Crippen LogP contribution in [0.2, 0.25) is 5.02 Å². The summed E-state index contributed by atoms with van der Waals surface area (Å²) in [7, 11) is 0. The Morgan fingerprint density at radius 1 is 1.03 bits per heavy atom. The van der Waals surface area contributed by atoms with Gasteiger partial charge in [-0.2, -0.15) is 0 Å². The number of benzene rings is 2. The van der Waals surface area contributed by atoms with Crippen molar-refractivity contribution in [3.63, 3.8) is 0 Å². The molecule has 176 valence electrons. The highest BCUT2D eigenvalue weighted by molar-refractivity contribution is 8.26. The zero-order valence-corrected chi connectivity index (χ0v) is 21.7. The summed E-state index contributed by atoms with van der Waals surface area (Å²) in [5, 5.41) is 0.424. The van der Waals surface area contributed by atoms with Crippen LogP contribution in [0.4, 0.5) is 0 Å². The number of hydrogen-bond acceptors (Lipinski definition) is 6. The highest BCUT2D eigenvalue weighted by Gasteiger charge is 2.30. The molecule has 1 amide bonds. The second kappa shape index (κ2) is 11.8. The number of rotatable bonds is 10. The van der Waals surface area contributed by atoms with Crippen molar-refractivity contribution in [2.75, 3.05) is 26.4 Å². The number of hydrogen-bond donors (Lipinski definition) is 0. The fourth-order valence-corrected chi connectivity index (χ4v) is 5.10. The SMILES string of the molecule is CCOc1cc(C=C2SC(=S)N(CC)C2=O)cc(Cl)c1OCCCOc1cc(C)cc(C)c1. The van der Waals surface area contributed by atoms with Crippen molar-refractivity contribution in [1.82, 2.24) is 4.90 Å². The van der Waals surface area contributed by atoms with E-state index in [1.165, 1.54) is 22.9 Å². The minimum Gasteiger partial charge on any atom is -0.493 e. The lowest BCUT2D eigenvalue weighted by Crippen LogP contribution is -2.27. The normalized spacial score (nSPS) is 14.8. The number of carbonyl (C=O) groups excluding carboxylic acids is 1. The minimum absolute atomic E-state index is 0.0919. The van der Waals surface area contributed by atoms with Crippen molar-refractivity contribution >= 4 is 51.9 Å². The third-order valence-electron chi connectivity index (χ3n) is 4.82. The predicted molar refractivity (Wildman–Crippen MR) is 140 cm³/mol. The number of amides is 1. The van der Waals surface area contributed by atoms with Gasteiger partial charge in [-0.15, -0.1) is 0 Å². The van der Waals surface area contributed by atoms with E-state index in [9.17, 15) is 4.79 Å². The molecule has 8 heteroatoms. The minimum atomic E-state index is -0.0919. The quantitative estimate of drug-likeness (QED) is 0.211. The van der Waals surface area contributed by atoms with Gasteiger partial charge in [-0.05, 0) is 74.7 Å². The molecule has 0 unspecified atom stereocenters. The number of carbonyl (C=O) groups is 1. The Morgan fingerprint density at radius 2 is 1.73 bits per heavy atom. The van der Waals surface area contributed by atoms with Crippen molar-refractivity contribution < 1.29 is 19.0 Å². The number of thiocarbonyl (C=S) groups is 1. The number of nitrogens with zero attached hydrogens (tertiary/aromatic N) is 1. The van der Waals surface area contributed by atoms with Crippen LogP contribution in [-0.4, -0.2) is 41.5 Å². The Morgan fingerprint density at radius 3 is 2.36 bits per heavy atom. The van der Waals surface area contributed by atoms with Crippen LogP contribution in [-0.2, 0) is 4.79 Å². The molecule has 1 fully saturated rings. The van der Waals surface area contributed by atoms with Crippen molar-refractivity contribution in [2.45, 2.75) is 34.1 Å². The number of ether oxygens (including phenoxy) is 3. The zero-order valence-electron chi connectivity index (χ0n) is 19.3. The smallest absolute Gasteiger partial charge is 0.266 e. The van der Waals surface area contributed by atoms with Crippen molar-refractivity contribution in [2.24, 2.45) is 0 Å². The van der Waals surface area contributed by atoms with Crippen LogP contribution in [0.1, 0.15) is 37.0 Å². The molecule has 0 N–H and O–H groups in total. The van der Waals surface area contributed by atoms with E-state index in [1.54, 1.807) is 17.0 Å². The fourth-order valence-electron chi connectivity index (χ4n) is 3.44. The molecule has 0 bridgehead atoms. The Balaban J connectivity index is 1.65. The molecule has 1 saturated heterocycles. The maximum atomic E-state index is 12.5. The number of aryl methyl sites for hydroxylation is 2. The van der Waals surface area contributed by atoms with E-state index >= 15 is 0 Å². The average molecular weight is 506 g/mol. The summed E-state index contributed by atoms with van der Waals surface area (Å²) in [4.78, 5) is 14.7. The second-order valence-electron chi connectivity index (χ2n) is 7.56. The van der Waals surface area contributed by atoms with Gasteiger partial charge >= 0.3 is 0 Å². The van der Waals surface area contributed by atoms with Crippen LogP contribution in [0.15, 0.2) is 35.2 Å². The number of thioether (sulfide) groups is 1. The molecule has 1 heterocycles. The van der Waals surface area contributed by atoms with Crippen LogP contribution in [0.3, 0.4) is 0 Å². The Bertz CT molecular complexity index is 1050. The van der Waals surface area contributed by atoms with Crippen LogP contribution in [0, 0.1) is 13.8 Å². The molecule has 3 rings (SSSR count). The molecule has 5 nitrogen and oxygen atoms in total. The third-order valence-corrected chi connectivity index (χ3v) is 6.48. The van der Waals surface area contributed by atoms with Crippen LogP contribution < -0.4 is 14.2 Å². The molecular weight excluding hydrogens is 478 g/mol. The van der Waals surface area contributed by atoms with E-state index in [0.717, 1.165) is 11.3 Å². The molecule has 1 aliphatic heterocycles. The molecule has 2 aromatic carbocycles. The highest BCUT2D eigenvalue weighted by atomic mass is 35.5. The summed E-state index contributed by atoms with van der Waals surface area (Å²) in [5.74, 6) is 1.80. The van der Waals surface area contributed by atoms with E-state index in [2.05, 4.69) is 19.9 Å². The molecule has 0 atom stereocenters. The zero-order chi connectivity index (χ0) is 24.0. The van der Waals surface area contributed by atoms with Gasteiger partial charge in [-0.25, -0.2) is 0 Å². The monoisotopic (exact) mass is 505 g/mol. The summed E-state index contributed by atoms with van der Waals surface area (Å²) >= 11 is 13.1. The van der Waals surface area contributed by atoms with Crippen LogP contribution in [0.25, 0.3) is 6.08 Å².